The summed E-state index contributed by atoms with van der Waals surface area (Å²) >= 11 is 0. The molecule has 8 heteroatoms. The molecule has 2 fully saturated rings. The molecule has 2 aliphatic carbocycles. The van der Waals surface area contributed by atoms with Crippen molar-refractivity contribution in [1.29, 1.82) is 0 Å². The molecular formula is C35H41N3O5. The van der Waals surface area contributed by atoms with E-state index < -0.39 is 29.6 Å². The number of nitrogens with one attached hydrogen (secondary N) is 3. The summed E-state index contributed by atoms with van der Waals surface area (Å²) in [5.41, 5.74) is 2.15. The topological polar surface area (TPSA) is 125 Å². The number of Topliss-reactive ketones (excluding diaryl/α,β-unsaturated/α-hetero) is 3. The molecule has 226 valence electrons. The number of rotatable bonds is 13. The first-order valence-corrected chi connectivity index (χ1v) is 15.7. The van der Waals surface area contributed by atoms with E-state index in [0.717, 1.165) is 48.6 Å². The minimum atomic E-state index is -1.13. The van der Waals surface area contributed by atoms with Gasteiger partial charge in [-0.1, -0.05) is 80.6 Å². The number of aromatic amines is 1. The predicted octanol–water partition coefficient (Wildman–Crippen LogP) is 5.46. The summed E-state index contributed by atoms with van der Waals surface area (Å²) in [5, 5.41) is 6.44. The number of hydrogen-bond donors (Lipinski definition) is 3. The molecular weight excluding hydrogens is 542 g/mol. The van der Waals surface area contributed by atoms with Gasteiger partial charge in [0.1, 0.15) is 5.78 Å². The highest BCUT2D eigenvalue weighted by atomic mass is 16.2. The van der Waals surface area contributed by atoms with Gasteiger partial charge in [-0.25, -0.2) is 0 Å². The van der Waals surface area contributed by atoms with Crippen molar-refractivity contribution in [2.75, 3.05) is 0 Å². The quantitative estimate of drug-likeness (QED) is 0.182. The van der Waals surface area contributed by atoms with Crippen LogP contribution in [0.4, 0.5) is 0 Å². The summed E-state index contributed by atoms with van der Waals surface area (Å²) in [7, 11) is 0. The lowest BCUT2D eigenvalue weighted by molar-refractivity contribution is -0.141. The van der Waals surface area contributed by atoms with E-state index in [9.17, 15) is 24.0 Å². The van der Waals surface area contributed by atoms with Crippen molar-refractivity contribution in [2.24, 2.45) is 17.8 Å². The molecule has 0 radical (unpaired) electrons. The summed E-state index contributed by atoms with van der Waals surface area (Å²) in [6, 6.07) is 17.6. The lowest BCUT2D eigenvalue weighted by Crippen LogP contribution is -2.50. The Morgan fingerprint density at radius 1 is 0.860 bits per heavy atom. The van der Waals surface area contributed by atoms with Crippen molar-refractivity contribution in [3.63, 3.8) is 0 Å². The van der Waals surface area contributed by atoms with Crippen LogP contribution in [0.2, 0.25) is 0 Å². The maximum atomic E-state index is 13.9. The number of carbonyl (C=O) groups excluding carboxylic acids is 5. The van der Waals surface area contributed by atoms with Crippen LogP contribution in [0.25, 0.3) is 10.9 Å². The Kier molecular flexibility index (Phi) is 10.2. The number of amides is 2. The molecule has 1 heterocycles. The van der Waals surface area contributed by atoms with Crippen LogP contribution in [0, 0.1) is 17.8 Å². The molecule has 2 saturated carbocycles. The molecule has 1 aromatic heterocycles. The van der Waals surface area contributed by atoms with E-state index in [2.05, 4.69) is 15.6 Å². The van der Waals surface area contributed by atoms with Crippen LogP contribution in [0.1, 0.15) is 86.7 Å². The van der Waals surface area contributed by atoms with Gasteiger partial charge in [-0.3, -0.25) is 24.0 Å². The molecule has 0 spiro atoms. The van der Waals surface area contributed by atoms with Crippen LogP contribution in [0.5, 0.6) is 0 Å². The number of para-hydroxylation sites is 1. The average Bonchev–Trinajstić information content (AvgIpc) is 3.65. The molecule has 8 nitrogen and oxygen atoms in total. The smallest absolute Gasteiger partial charge is 0.289 e. The minimum Gasteiger partial charge on any atom is -0.352 e. The van der Waals surface area contributed by atoms with Gasteiger partial charge >= 0.3 is 0 Å². The molecule has 43 heavy (non-hydrogen) atoms. The molecule has 3 aromatic rings. The van der Waals surface area contributed by atoms with Gasteiger partial charge in [-0.15, -0.1) is 0 Å². The molecule has 0 saturated heterocycles. The standard InChI is InChI=1S/C35H41N3O5/c39-31-17-9-15-26(31)20-30(33(41)35(43)36-22-24-12-5-2-6-13-24)38-34(42)27(18-23-10-3-1-4-11-23)21-32(40)29-19-25-14-7-8-16-28(25)37-29/h2,5-8,12-14,16,19,23,26-27,30,37H,1,3-4,9-11,15,17-18,20-22H2,(H,36,43)(H,38,42)/t26-,27+,30-/m0/s1. The minimum absolute atomic E-state index is 0.00136. The molecule has 0 unspecified atom stereocenters. The zero-order chi connectivity index (χ0) is 30.2. The van der Waals surface area contributed by atoms with Gasteiger partial charge in [0.2, 0.25) is 11.7 Å². The fourth-order valence-electron chi connectivity index (χ4n) is 6.63. The van der Waals surface area contributed by atoms with Gasteiger partial charge in [0.25, 0.3) is 5.91 Å². The van der Waals surface area contributed by atoms with Gasteiger partial charge in [-0.2, -0.15) is 0 Å². The second-order valence-electron chi connectivity index (χ2n) is 12.2. The Bertz CT molecular complexity index is 1420. The highest BCUT2D eigenvalue weighted by molar-refractivity contribution is 6.38. The van der Waals surface area contributed by atoms with Crippen molar-refractivity contribution >= 4 is 40.1 Å². The Hall–Kier alpha value is -4.07. The van der Waals surface area contributed by atoms with Crippen LogP contribution in [-0.2, 0) is 25.7 Å². The van der Waals surface area contributed by atoms with Crippen LogP contribution < -0.4 is 10.6 Å². The lowest BCUT2D eigenvalue weighted by Gasteiger charge is -2.27. The fraction of sp³-hybridized carbons (Fsp3) is 0.457. The number of aromatic nitrogens is 1. The number of hydrogen-bond acceptors (Lipinski definition) is 5. The second-order valence-corrected chi connectivity index (χ2v) is 12.2. The van der Waals surface area contributed by atoms with Crippen molar-refractivity contribution < 1.29 is 24.0 Å². The van der Waals surface area contributed by atoms with E-state index in [0.29, 0.717) is 30.9 Å². The highest BCUT2D eigenvalue weighted by Gasteiger charge is 2.36. The summed E-state index contributed by atoms with van der Waals surface area (Å²) in [6.07, 6.45) is 7.83. The first kappa shape index (κ1) is 30.4. The second kappa shape index (κ2) is 14.4. The van der Waals surface area contributed by atoms with Gasteiger partial charge in [0, 0.05) is 42.1 Å². The maximum Gasteiger partial charge on any atom is 0.289 e. The third-order valence-electron chi connectivity index (χ3n) is 9.08. The summed E-state index contributed by atoms with van der Waals surface area (Å²) in [4.78, 5) is 69.4. The first-order valence-electron chi connectivity index (χ1n) is 15.7. The van der Waals surface area contributed by atoms with Crippen LogP contribution in [0.15, 0.2) is 60.7 Å². The zero-order valence-corrected chi connectivity index (χ0v) is 24.6. The van der Waals surface area contributed by atoms with Crippen LogP contribution in [0.3, 0.4) is 0 Å². The number of ketones is 3. The van der Waals surface area contributed by atoms with E-state index in [1.807, 2.05) is 60.7 Å². The van der Waals surface area contributed by atoms with E-state index in [-0.39, 0.29) is 36.9 Å². The molecule has 3 N–H and O–H groups in total. The van der Waals surface area contributed by atoms with Crippen molar-refractivity contribution in [2.45, 2.75) is 83.2 Å². The van der Waals surface area contributed by atoms with E-state index in [1.165, 1.54) is 6.42 Å². The van der Waals surface area contributed by atoms with Crippen LogP contribution in [-0.4, -0.2) is 40.2 Å². The van der Waals surface area contributed by atoms with E-state index in [1.54, 1.807) is 0 Å². The highest BCUT2D eigenvalue weighted by Crippen LogP contribution is 2.32. The first-order chi connectivity index (χ1) is 20.9. The molecule has 5 rings (SSSR count). The Morgan fingerprint density at radius 2 is 1.60 bits per heavy atom. The number of H-pyrrole nitrogens is 1. The van der Waals surface area contributed by atoms with Crippen LogP contribution >= 0.6 is 0 Å². The number of carbonyl (C=O) groups is 5. The molecule has 2 aliphatic rings. The van der Waals surface area contributed by atoms with Crippen molar-refractivity contribution in [3.05, 3.63) is 71.9 Å². The summed E-state index contributed by atoms with van der Waals surface area (Å²) < 4.78 is 0. The van der Waals surface area contributed by atoms with Gasteiger partial charge in [0.05, 0.1) is 11.7 Å². The molecule has 0 bridgehead atoms. The molecule has 2 amide bonds. The third kappa shape index (κ3) is 8.06. The van der Waals surface area contributed by atoms with E-state index in [4.69, 9.17) is 0 Å². The SMILES string of the molecule is O=C(NCc1ccccc1)C(=O)[C@H](C[C@@H]1CCCC1=O)NC(=O)[C@@H](CC(=O)c1cc2ccccc2[nH]1)CC1CCCCC1. The number of fused-ring (bicyclic) bond motifs is 1. The van der Waals surface area contributed by atoms with Gasteiger partial charge in [0.15, 0.2) is 5.78 Å². The summed E-state index contributed by atoms with van der Waals surface area (Å²) in [6.45, 7) is 0.178. The fourth-order valence-corrected chi connectivity index (χ4v) is 6.63. The predicted molar refractivity (Wildman–Crippen MR) is 164 cm³/mol. The maximum absolute atomic E-state index is 13.9. The molecule has 3 atom stereocenters. The Labute approximate surface area is 252 Å². The largest absolute Gasteiger partial charge is 0.352 e. The molecule has 2 aromatic carbocycles. The van der Waals surface area contributed by atoms with Crippen molar-refractivity contribution in [3.8, 4) is 0 Å². The zero-order valence-electron chi connectivity index (χ0n) is 24.6. The Balaban J connectivity index is 1.32. The average molecular weight is 584 g/mol. The lowest BCUT2D eigenvalue weighted by atomic mass is 9.80. The third-order valence-corrected chi connectivity index (χ3v) is 9.08. The van der Waals surface area contributed by atoms with Gasteiger partial charge < -0.3 is 15.6 Å². The van der Waals surface area contributed by atoms with Crippen molar-refractivity contribution in [1.82, 2.24) is 15.6 Å². The van der Waals surface area contributed by atoms with Gasteiger partial charge in [-0.05, 0) is 49.3 Å². The van der Waals surface area contributed by atoms with E-state index >= 15 is 0 Å². The number of benzene rings is 2. The monoisotopic (exact) mass is 583 g/mol. The molecule has 0 aliphatic heterocycles. The summed E-state index contributed by atoms with van der Waals surface area (Å²) in [5.74, 6) is -2.77. The normalized spacial score (nSPS) is 18.7. The Morgan fingerprint density at radius 3 is 2.33 bits per heavy atom.